The highest BCUT2D eigenvalue weighted by Crippen LogP contribution is 2.27. The molecule has 118 valence electrons. The highest BCUT2D eigenvalue weighted by atomic mass is 32.1. The summed E-state index contributed by atoms with van der Waals surface area (Å²) in [5, 5.41) is 2.93. The summed E-state index contributed by atoms with van der Waals surface area (Å²) in [6.07, 6.45) is 3.03. The van der Waals surface area contributed by atoms with Crippen LogP contribution in [0.25, 0.3) is 0 Å². The molecule has 2 unspecified atom stereocenters. The van der Waals surface area contributed by atoms with Crippen LogP contribution in [0.3, 0.4) is 0 Å². The van der Waals surface area contributed by atoms with Gasteiger partial charge in [-0.15, -0.1) is 0 Å². The Labute approximate surface area is 131 Å². The van der Waals surface area contributed by atoms with E-state index in [9.17, 15) is 9.59 Å². The number of carbonyl (C=O) groups excluding carboxylic acids is 2. The molecule has 2 rings (SSSR count). The van der Waals surface area contributed by atoms with Crippen LogP contribution < -0.4 is 11.1 Å². The number of hydrogen-bond donors (Lipinski definition) is 2. The predicted molar refractivity (Wildman–Crippen MR) is 84.8 cm³/mol. The van der Waals surface area contributed by atoms with Crippen molar-refractivity contribution in [3.63, 3.8) is 0 Å². The van der Waals surface area contributed by atoms with Crippen molar-refractivity contribution in [3.05, 3.63) is 0 Å². The van der Waals surface area contributed by atoms with E-state index in [2.05, 4.69) is 10.2 Å². The Bertz CT molecular complexity index is 429. The van der Waals surface area contributed by atoms with Crippen LogP contribution in [0.2, 0.25) is 0 Å². The fourth-order valence-electron chi connectivity index (χ4n) is 3.15. The van der Waals surface area contributed by atoms with Gasteiger partial charge >= 0.3 is 0 Å². The second-order valence-corrected chi connectivity index (χ2v) is 6.40. The summed E-state index contributed by atoms with van der Waals surface area (Å²) in [5.41, 5.74) is 5.45. The number of nitrogens with one attached hydrogen (secondary N) is 1. The van der Waals surface area contributed by atoms with Gasteiger partial charge in [0, 0.05) is 45.6 Å². The fraction of sp³-hybridized carbons (Fsp3) is 0.786. The Balaban J connectivity index is 1.78. The zero-order valence-electron chi connectivity index (χ0n) is 12.5. The van der Waals surface area contributed by atoms with Crippen LogP contribution in [0.5, 0.6) is 0 Å². The lowest BCUT2D eigenvalue weighted by atomic mass is 9.91. The molecule has 0 aromatic carbocycles. The second kappa shape index (κ2) is 7.17. The Morgan fingerprint density at radius 3 is 3.00 bits per heavy atom. The molecule has 0 aliphatic carbocycles. The van der Waals surface area contributed by atoms with Gasteiger partial charge < -0.3 is 16.0 Å². The smallest absolute Gasteiger partial charge is 0.224 e. The van der Waals surface area contributed by atoms with Crippen molar-refractivity contribution in [2.45, 2.75) is 31.7 Å². The van der Waals surface area contributed by atoms with Gasteiger partial charge in [-0.1, -0.05) is 12.2 Å². The van der Waals surface area contributed by atoms with E-state index in [0.29, 0.717) is 30.9 Å². The average Bonchev–Trinajstić information content (AvgIpc) is 2.84. The molecule has 0 spiro atoms. The Morgan fingerprint density at radius 2 is 2.29 bits per heavy atom. The first-order valence-corrected chi connectivity index (χ1v) is 7.94. The lowest BCUT2D eigenvalue weighted by Gasteiger charge is -2.35. The second-order valence-electron chi connectivity index (χ2n) is 5.88. The number of nitrogens with zero attached hydrogens (tertiary/aromatic N) is 2. The minimum atomic E-state index is 0.102. The maximum Gasteiger partial charge on any atom is 0.224 e. The molecule has 21 heavy (non-hydrogen) atoms. The molecule has 0 aromatic rings. The molecule has 2 aliphatic heterocycles. The van der Waals surface area contributed by atoms with Crippen molar-refractivity contribution in [2.24, 2.45) is 11.7 Å². The van der Waals surface area contributed by atoms with E-state index >= 15 is 0 Å². The van der Waals surface area contributed by atoms with Crippen LogP contribution >= 0.6 is 12.2 Å². The van der Waals surface area contributed by atoms with E-state index in [1.165, 1.54) is 0 Å². The van der Waals surface area contributed by atoms with Gasteiger partial charge in [0.25, 0.3) is 0 Å². The van der Waals surface area contributed by atoms with Crippen LogP contribution in [-0.4, -0.2) is 65.9 Å². The summed E-state index contributed by atoms with van der Waals surface area (Å²) in [6, 6.07) is 0.265. The number of piperidine rings is 1. The maximum absolute atomic E-state index is 12.1. The largest absolute Gasteiger partial charge is 0.393 e. The maximum atomic E-state index is 12.1. The van der Waals surface area contributed by atoms with Gasteiger partial charge in [-0.2, -0.15) is 0 Å². The van der Waals surface area contributed by atoms with Crippen LogP contribution in [-0.2, 0) is 9.59 Å². The summed E-state index contributed by atoms with van der Waals surface area (Å²) in [7, 11) is 1.78. The SMILES string of the molecule is CN(CCC(N)=S)C(=O)CCN1CCCC2C(=O)NCC21. The first-order chi connectivity index (χ1) is 9.99. The van der Waals surface area contributed by atoms with Crippen LogP contribution in [0.4, 0.5) is 0 Å². The molecule has 2 heterocycles. The normalized spacial score (nSPS) is 25.3. The third-order valence-corrected chi connectivity index (χ3v) is 4.65. The quantitative estimate of drug-likeness (QED) is 0.660. The van der Waals surface area contributed by atoms with Gasteiger partial charge in [-0.25, -0.2) is 0 Å². The molecular weight excluding hydrogens is 288 g/mol. The highest BCUT2D eigenvalue weighted by molar-refractivity contribution is 7.80. The van der Waals surface area contributed by atoms with Crippen molar-refractivity contribution >= 4 is 29.0 Å². The van der Waals surface area contributed by atoms with E-state index in [1.807, 2.05) is 0 Å². The zero-order valence-corrected chi connectivity index (χ0v) is 13.3. The van der Waals surface area contributed by atoms with Gasteiger partial charge in [0.2, 0.25) is 11.8 Å². The molecule has 2 amide bonds. The minimum Gasteiger partial charge on any atom is -0.393 e. The van der Waals surface area contributed by atoms with Gasteiger partial charge in [-0.3, -0.25) is 14.5 Å². The number of rotatable bonds is 6. The minimum absolute atomic E-state index is 0.102. The van der Waals surface area contributed by atoms with Gasteiger partial charge in [-0.05, 0) is 19.4 Å². The summed E-state index contributed by atoms with van der Waals surface area (Å²) in [4.78, 5) is 28.2. The standard InChI is InChI=1S/C14H24N4O2S/c1-17(7-4-12(15)21)13(19)5-8-18-6-2-3-10-11(18)9-16-14(10)20/h10-11H,2-9H2,1H3,(H2,15,21)(H,16,20). The lowest BCUT2D eigenvalue weighted by Crippen LogP contribution is -2.46. The monoisotopic (exact) mass is 312 g/mol. The van der Waals surface area contributed by atoms with E-state index < -0.39 is 0 Å². The summed E-state index contributed by atoms with van der Waals surface area (Å²) in [5.74, 6) is 0.386. The Morgan fingerprint density at radius 1 is 1.52 bits per heavy atom. The molecule has 0 radical (unpaired) electrons. The summed E-state index contributed by atoms with van der Waals surface area (Å²) < 4.78 is 0. The molecule has 0 bridgehead atoms. The molecule has 7 heteroatoms. The molecule has 6 nitrogen and oxygen atoms in total. The Kier molecular flexibility index (Phi) is 5.52. The molecule has 2 saturated heterocycles. The molecular formula is C14H24N4O2S. The van der Waals surface area contributed by atoms with Gasteiger partial charge in [0.15, 0.2) is 0 Å². The number of amides is 2. The first-order valence-electron chi connectivity index (χ1n) is 7.53. The fourth-order valence-corrected chi connectivity index (χ4v) is 3.24. The molecule has 2 atom stereocenters. The number of fused-ring (bicyclic) bond motifs is 1. The predicted octanol–water partition coefficient (Wildman–Crippen LogP) is -0.278. The first kappa shape index (κ1) is 16.2. The molecule has 3 N–H and O–H groups in total. The van der Waals surface area contributed by atoms with Crippen molar-refractivity contribution in [1.29, 1.82) is 0 Å². The molecule has 0 aromatic heterocycles. The number of nitrogens with two attached hydrogens (primary N) is 1. The topological polar surface area (TPSA) is 78.7 Å². The summed E-state index contributed by atoms with van der Waals surface area (Å²) >= 11 is 4.82. The van der Waals surface area contributed by atoms with Crippen molar-refractivity contribution < 1.29 is 9.59 Å². The molecule has 2 fully saturated rings. The van der Waals surface area contributed by atoms with Crippen LogP contribution in [0, 0.1) is 5.92 Å². The third kappa shape index (κ3) is 4.14. The average molecular weight is 312 g/mol. The van der Waals surface area contributed by atoms with Gasteiger partial charge in [0.1, 0.15) is 0 Å². The van der Waals surface area contributed by atoms with Gasteiger partial charge in [0.05, 0.1) is 10.9 Å². The molecule has 2 aliphatic rings. The van der Waals surface area contributed by atoms with Crippen LogP contribution in [0.1, 0.15) is 25.7 Å². The van der Waals surface area contributed by atoms with E-state index in [-0.39, 0.29) is 23.8 Å². The summed E-state index contributed by atoms with van der Waals surface area (Å²) in [6.45, 7) is 2.97. The molecule has 0 saturated carbocycles. The number of thiocarbonyl (C=S) groups is 1. The van der Waals surface area contributed by atoms with E-state index in [0.717, 1.165) is 25.9 Å². The lowest BCUT2D eigenvalue weighted by molar-refractivity contribution is -0.130. The van der Waals surface area contributed by atoms with Crippen molar-refractivity contribution in [1.82, 2.24) is 15.1 Å². The van der Waals surface area contributed by atoms with E-state index in [1.54, 1.807) is 11.9 Å². The number of carbonyl (C=O) groups is 2. The Hall–Kier alpha value is -1.21. The van der Waals surface area contributed by atoms with Crippen LogP contribution in [0.15, 0.2) is 0 Å². The highest BCUT2D eigenvalue weighted by Gasteiger charge is 2.40. The van der Waals surface area contributed by atoms with Crippen molar-refractivity contribution in [3.8, 4) is 0 Å². The zero-order chi connectivity index (χ0) is 15.4. The van der Waals surface area contributed by atoms with Crippen molar-refractivity contribution in [2.75, 3.05) is 33.2 Å². The number of hydrogen-bond acceptors (Lipinski definition) is 4. The number of likely N-dealkylation sites (tertiary alicyclic amines) is 1. The van der Waals surface area contributed by atoms with E-state index in [4.69, 9.17) is 18.0 Å². The third-order valence-electron chi connectivity index (χ3n) is 4.45.